The lowest BCUT2D eigenvalue weighted by molar-refractivity contribution is -0.0243. The van der Waals surface area contributed by atoms with Gasteiger partial charge < -0.3 is 14.8 Å². The monoisotopic (exact) mass is 293 g/mol. The van der Waals surface area contributed by atoms with Crippen LogP contribution in [0.4, 0.5) is 0 Å². The van der Waals surface area contributed by atoms with E-state index in [-0.39, 0.29) is 11.7 Å². The summed E-state index contributed by atoms with van der Waals surface area (Å²) in [5.74, 6) is 0. The SMILES string of the molecule is CCc1cc(COC2COC3(CCNCC3)C2)n(CC)n1. The Hall–Kier alpha value is -0.910. The molecule has 118 valence electrons. The van der Waals surface area contributed by atoms with Crippen molar-refractivity contribution in [2.45, 2.75) is 64.4 Å². The van der Waals surface area contributed by atoms with Crippen molar-refractivity contribution in [1.82, 2.24) is 15.1 Å². The Bertz CT molecular complexity index is 466. The smallest absolute Gasteiger partial charge is 0.0889 e. The Labute approximate surface area is 127 Å². The number of aromatic nitrogens is 2. The third kappa shape index (κ3) is 3.30. The third-order valence-corrected chi connectivity index (χ3v) is 4.73. The topological polar surface area (TPSA) is 48.3 Å². The minimum absolute atomic E-state index is 0.0789. The average Bonchev–Trinajstić information content (AvgIpc) is 3.10. The average molecular weight is 293 g/mol. The molecule has 0 saturated carbocycles. The van der Waals surface area contributed by atoms with Crippen molar-refractivity contribution in [2.75, 3.05) is 19.7 Å². The van der Waals surface area contributed by atoms with Crippen molar-refractivity contribution in [1.29, 1.82) is 0 Å². The van der Waals surface area contributed by atoms with E-state index >= 15 is 0 Å². The van der Waals surface area contributed by atoms with Crippen LogP contribution >= 0.6 is 0 Å². The van der Waals surface area contributed by atoms with Gasteiger partial charge in [-0.25, -0.2) is 0 Å². The number of ether oxygens (including phenoxy) is 2. The van der Waals surface area contributed by atoms with Crippen LogP contribution in [0.25, 0.3) is 0 Å². The number of nitrogens with zero attached hydrogens (tertiary/aromatic N) is 2. The molecule has 5 heteroatoms. The van der Waals surface area contributed by atoms with Crippen LogP contribution in [0.15, 0.2) is 6.07 Å². The van der Waals surface area contributed by atoms with Crippen LogP contribution in [0.5, 0.6) is 0 Å². The van der Waals surface area contributed by atoms with Crippen molar-refractivity contribution < 1.29 is 9.47 Å². The Balaban J connectivity index is 1.55. The molecule has 2 aliphatic rings. The fourth-order valence-corrected chi connectivity index (χ4v) is 3.42. The van der Waals surface area contributed by atoms with Gasteiger partial charge >= 0.3 is 0 Å². The maximum absolute atomic E-state index is 6.11. The predicted molar refractivity (Wildman–Crippen MR) is 81.3 cm³/mol. The molecular formula is C16H27N3O2. The molecule has 1 aromatic rings. The molecule has 0 amide bonds. The molecule has 1 aromatic heterocycles. The van der Waals surface area contributed by atoms with Gasteiger partial charge in [-0.2, -0.15) is 5.10 Å². The van der Waals surface area contributed by atoms with Crippen molar-refractivity contribution >= 4 is 0 Å². The summed E-state index contributed by atoms with van der Waals surface area (Å²) in [6.45, 7) is 8.67. The Kier molecular flexibility index (Phi) is 4.62. The zero-order valence-corrected chi connectivity index (χ0v) is 13.2. The highest BCUT2D eigenvalue weighted by Gasteiger charge is 2.41. The van der Waals surface area contributed by atoms with E-state index in [9.17, 15) is 0 Å². The molecule has 1 spiro atoms. The van der Waals surface area contributed by atoms with Gasteiger partial charge in [0, 0.05) is 13.0 Å². The summed E-state index contributed by atoms with van der Waals surface area (Å²) in [5, 5.41) is 7.97. The molecule has 21 heavy (non-hydrogen) atoms. The van der Waals surface area contributed by atoms with Crippen LogP contribution in [0.1, 0.15) is 44.5 Å². The number of rotatable bonds is 5. The maximum atomic E-state index is 6.11. The second-order valence-corrected chi connectivity index (χ2v) is 6.18. The summed E-state index contributed by atoms with van der Waals surface area (Å²) in [6.07, 6.45) is 4.46. The third-order valence-electron chi connectivity index (χ3n) is 4.73. The first-order valence-electron chi connectivity index (χ1n) is 8.26. The highest BCUT2D eigenvalue weighted by Crippen LogP contribution is 2.35. The molecule has 0 bridgehead atoms. The van der Waals surface area contributed by atoms with Gasteiger partial charge in [-0.05, 0) is 45.3 Å². The van der Waals surface area contributed by atoms with E-state index in [1.54, 1.807) is 0 Å². The van der Waals surface area contributed by atoms with Crippen LogP contribution < -0.4 is 5.32 Å². The summed E-state index contributed by atoms with van der Waals surface area (Å²) < 4.78 is 14.2. The van der Waals surface area contributed by atoms with Crippen molar-refractivity contribution in [2.24, 2.45) is 0 Å². The number of hydrogen-bond donors (Lipinski definition) is 1. The van der Waals surface area contributed by atoms with Crippen LogP contribution in [-0.4, -0.2) is 41.2 Å². The summed E-state index contributed by atoms with van der Waals surface area (Å²) >= 11 is 0. The highest BCUT2D eigenvalue weighted by atomic mass is 16.6. The second kappa shape index (κ2) is 6.46. The molecule has 2 fully saturated rings. The van der Waals surface area contributed by atoms with Crippen molar-refractivity contribution in [3.8, 4) is 0 Å². The van der Waals surface area contributed by atoms with E-state index in [0.717, 1.165) is 57.6 Å². The fourth-order valence-electron chi connectivity index (χ4n) is 3.42. The predicted octanol–water partition coefficient (Wildman–Crippen LogP) is 1.89. The standard InChI is InChI=1S/C16H27N3O2/c1-3-13-9-14(19(4-2)18-13)11-20-15-10-16(21-12-15)5-7-17-8-6-16/h9,15,17H,3-8,10-12H2,1-2H3. The lowest BCUT2D eigenvalue weighted by Crippen LogP contribution is -2.41. The first-order chi connectivity index (χ1) is 10.2. The van der Waals surface area contributed by atoms with Gasteiger partial charge in [0.1, 0.15) is 0 Å². The first-order valence-corrected chi connectivity index (χ1v) is 8.26. The summed E-state index contributed by atoms with van der Waals surface area (Å²) in [7, 11) is 0. The molecule has 3 heterocycles. The van der Waals surface area contributed by atoms with Crippen LogP contribution in [0.3, 0.4) is 0 Å². The van der Waals surface area contributed by atoms with E-state index in [1.807, 2.05) is 0 Å². The van der Waals surface area contributed by atoms with Gasteiger partial charge in [0.2, 0.25) is 0 Å². The van der Waals surface area contributed by atoms with Crippen LogP contribution in [0, 0.1) is 0 Å². The largest absolute Gasteiger partial charge is 0.372 e. The Morgan fingerprint density at radius 1 is 1.43 bits per heavy atom. The zero-order valence-electron chi connectivity index (χ0n) is 13.2. The molecular weight excluding hydrogens is 266 g/mol. The molecule has 0 aromatic carbocycles. The molecule has 3 rings (SSSR count). The normalized spacial score (nSPS) is 24.8. The first kappa shape index (κ1) is 15.0. The molecule has 2 saturated heterocycles. The lowest BCUT2D eigenvalue weighted by atomic mass is 9.89. The second-order valence-electron chi connectivity index (χ2n) is 6.18. The number of nitrogens with one attached hydrogen (secondary N) is 1. The van der Waals surface area contributed by atoms with Crippen molar-refractivity contribution in [3.63, 3.8) is 0 Å². The Morgan fingerprint density at radius 3 is 2.95 bits per heavy atom. The highest BCUT2D eigenvalue weighted by molar-refractivity contribution is 5.09. The van der Waals surface area contributed by atoms with E-state index in [0.29, 0.717) is 6.61 Å². The van der Waals surface area contributed by atoms with Crippen molar-refractivity contribution in [3.05, 3.63) is 17.5 Å². The maximum Gasteiger partial charge on any atom is 0.0889 e. The number of piperidine rings is 1. The van der Waals surface area contributed by atoms with Gasteiger partial charge in [-0.1, -0.05) is 6.92 Å². The Morgan fingerprint density at radius 2 is 2.24 bits per heavy atom. The summed E-state index contributed by atoms with van der Waals surface area (Å²) in [5.41, 5.74) is 2.41. The summed E-state index contributed by atoms with van der Waals surface area (Å²) in [4.78, 5) is 0. The van der Waals surface area contributed by atoms with Crippen LogP contribution in [-0.2, 0) is 29.0 Å². The molecule has 0 aliphatic carbocycles. The number of aryl methyl sites for hydroxylation is 2. The van der Waals surface area contributed by atoms with E-state index in [1.165, 1.54) is 5.69 Å². The molecule has 5 nitrogen and oxygen atoms in total. The van der Waals surface area contributed by atoms with E-state index in [4.69, 9.17) is 9.47 Å². The molecule has 1 atom stereocenters. The molecule has 1 N–H and O–H groups in total. The quantitative estimate of drug-likeness (QED) is 0.901. The lowest BCUT2D eigenvalue weighted by Gasteiger charge is -2.32. The fraction of sp³-hybridized carbons (Fsp3) is 0.812. The molecule has 0 radical (unpaired) electrons. The van der Waals surface area contributed by atoms with E-state index < -0.39 is 0 Å². The van der Waals surface area contributed by atoms with E-state index in [2.05, 4.69) is 35.0 Å². The summed E-state index contributed by atoms with van der Waals surface area (Å²) in [6, 6.07) is 2.17. The van der Waals surface area contributed by atoms with Gasteiger partial charge in [0.05, 0.1) is 36.3 Å². The van der Waals surface area contributed by atoms with Gasteiger partial charge in [0.25, 0.3) is 0 Å². The van der Waals surface area contributed by atoms with Gasteiger partial charge in [-0.3, -0.25) is 4.68 Å². The minimum Gasteiger partial charge on any atom is -0.372 e. The minimum atomic E-state index is 0.0789. The number of hydrogen-bond acceptors (Lipinski definition) is 4. The molecule has 1 unspecified atom stereocenters. The van der Waals surface area contributed by atoms with Gasteiger partial charge in [0.15, 0.2) is 0 Å². The van der Waals surface area contributed by atoms with Gasteiger partial charge in [-0.15, -0.1) is 0 Å². The molecule has 2 aliphatic heterocycles. The van der Waals surface area contributed by atoms with Crippen LogP contribution in [0.2, 0.25) is 0 Å². The zero-order chi connectivity index (χ0) is 14.7.